The van der Waals surface area contributed by atoms with Gasteiger partial charge in [0.25, 0.3) is 0 Å². The highest BCUT2D eigenvalue weighted by atomic mass is 32.2. The number of nitrogens with one attached hydrogen (secondary N) is 1. The number of phenolic OH excluding ortho intramolecular Hbond substituents is 1. The number of aryl methyl sites for hydroxylation is 1. The van der Waals surface area contributed by atoms with Crippen LogP contribution < -0.4 is 4.90 Å². The number of hydrogen-bond donors (Lipinski definition) is 3. The van der Waals surface area contributed by atoms with Crippen molar-refractivity contribution >= 4 is 22.3 Å². The van der Waals surface area contributed by atoms with Crippen molar-refractivity contribution in [2.45, 2.75) is 78.4 Å². The van der Waals surface area contributed by atoms with Crippen LogP contribution in [0.3, 0.4) is 0 Å². The lowest BCUT2D eigenvalue weighted by atomic mass is 9.82. The summed E-state index contributed by atoms with van der Waals surface area (Å²) in [5.74, 6) is 0.241. The fourth-order valence-electron chi connectivity index (χ4n) is 4.58. The summed E-state index contributed by atoms with van der Waals surface area (Å²) in [5.41, 5.74) is 3.00. The van der Waals surface area contributed by atoms with Crippen molar-refractivity contribution in [3.63, 3.8) is 0 Å². The number of carbonyl (C=O) groups is 1. The molecule has 0 saturated heterocycles. The molecule has 1 aliphatic rings. The Labute approximate surface area is 215 Å². The first-order valence-electron chi connectivity index (χ1n) is 12.2. The number of aliphatic hydroxyl groups excluding tert-OH is 1. The van der Waals surface area contributed by atoms with Crippen molar-refractivity contribution < 1.29 is 28.2 Å². The number of para-hydroxylation sites is 1. The summed E-state index contributed by atoms with van der Waals surface area (Å²) in [6.07, 6.45) is 2.87. The molecule has 0 fully saturated rings. The molecule has 0 spiro atoms. The number of nitrogens with zero attached hydrogens (tertiary/aromatic N) is 1. The van der Waals surface area contributed by atoms with Crippen molar-refractivity contribution in [3.05, 3.63) is 59.2 Å². The van der Waals surface area contributed by atoms with E-state index >= 15 is 0 Å². The van der Waals surface area contributed by atoms with Gasteiger partial charge in [-0.1, -0.05) is 52.0 Å². The Morgan fingerprint density at radius 2 is 1.72 bits per heavy atom. The quantitative estimate of drug-likeness (QED) is 0.361. The minimum atomic E-state index is -2.61. The summed E-state index contributed by atoms with van der Waals surface area (Å²) in [4.78, 5) is 14.7. The fraction of sp³-hybridized carbons (Fsp3) is 0.519. The Morgan fingerprint density at radius 1 is 1.11 bits per heavy atom. The maximum atomic E-state index is 13.0. The van der Waals surface area contributed by atoms with Crippen LogP contribution in [-0.4, -0.2) is 31.3 Å². The molecule has 2 aromatic carbocycles. The standard InChI is InChI=1S/C27H37NO4.HNO2S/c1-6-27(7-2)21-10-8-9-11-22(21)28(25(31)32-27)17-16-26(4,5)15-14-24(30)20-12-13-23(29)19(3)18-20;1-4(2)3/h8-13,18,24,29-30H,6-7,14-17H2,1-5H3;1H. The van der Waals surface area contributed by atoms with Gasteiger partial charge in [-0.2, -0.15) is 13.2 Å². The molecule has 1 aliphatic heterocycles. The van der Waals surface area contributed by atoms with E-state index in [0.29, 0.717) is 13.0 Å². The summed E-state index contributed by atoms with van der Waals surface area (Å²) >= 11 is 0. The van der Waals surface area contributed by atoms with Gasteiger partial charge >= 0.3 is 16.6 Å². The molecular weight excluding hydrogens is 480 g/mol. The highest BCUT2D eigenvalue weighted by molar-refractivity contribution is 7.60. The van der Waals surface area contributed by atoms with E-state index in [2.05, 4.69) is 33.8 Å². The zero-order valence-electron chi connectivity index (χ0n) is 21.7. The number of fused-ring (bicyclic) bond motifs is 1. The number of amides is 1. The maximum absolute atomic E-state index is 13.0. The van der Waals surface area contributed by atoms with Crippen molar-refractivity contribution in [2.24, 2.45) is 5.41 Å². The van der Waals surface area contributed by atoms with E-state index in [1.54, 1.807) is 17.0 Å². The number of benzene rings is 2. The summed E-state index contributed by atoms with van der Waals surface area (Å²) in [7, 11) is -2.61. The van der Waals surface area contributed by atoms with Gasteiger partial charge in [0.2, 0.25) is 0 Å². The molecule has 0 aromatic heterocycles. The van der Waals surface area contributed by atoms with Gasteiger partial charge in [0.15, 0.2) is 0 Å². The normalized spacial score (nSPS) is 15.3. The minimum Gasteiger partial charge on any atom is -0.508 e. The van der Waals surface area contributed by atoms with Gasteiger partial charge in [0.05, 0.1) is 11.8 Å². The highest BCUT2D eigenvalue weighted by Crippen LogP contribution is 2.44. The second-order valence-corrected chi connectivity index (χ2v) is 10.5. The second-order valence-electron chi connectivity index (χ2n) is 9.99. The Hall–Kier alpha value is -2.91. The molecule has 36 heavy (non-hydrogen) atoms. The number of anilines is 1. The Morgan fingerprint density at radius 3 is 2.31 bits per heavy atom. The van der Waals surface area contributed by atoms with Crippen LogP contribution in [0.25, 0.3) is 0 Å². The fourth-order valence-corrected chi connectivity index (χ4v) is 4.58. The first kappa shape index (κ1) is 29.3. The molecule has 0 radical (unpaired) electrons. The third-order valence-electron chi connectivity index (χ3n) is 7.04. The lowest BCUT2D eigenvalue weighted by molar-refractivity contribution is -0.00149. The van der Waals surface area contributed by atoms with Gasteiger partial charge < -0.3 is 14.9 Å². The van der Waals surface area contributed by atoms with E-state index in [1.165, 1.54) is 0 Å². The minimum absolute atomic E-state index is 0.0633. The van der Waals surface area contributed by atoms with E-state index in [9.17, 15) is 15.0 Å². The number of rotatable bonds is 9. The average Bonchev–Trinajstić information content (AvgIpc) is 2.83. The van der Waals surface area contributed by atoms with Crippen LogP contribution in [0, 0.1) is 17.1 Å². The molecule has 0 bridgehead atoms. The van der Waals surface area contributed by atoms with Gasteiger partial charge in [-0.3, -0.25) is 4.90 Å². The largest absolute Gasteiger partial charge is 0.508 e. The Kier molecular flexibility index (Phi) is 10.1. The zero-order valence-corrected chi connectivity index (χ0v) is 22.6. The number of aliphatic hydroxyl groups is 1. The maximum Gasteiger partial charge on any atom is 0.415 e. The van der Waals surface area contributed by atoms with Gasteiger partial charge in [-0.05, 0) is 73.8 Å². The topological polar surface area (TPSA) is 128 Å². The molecule has 8 nitrogen and oxygen atoms in total. The van der Waals surface area contributed by atoms with Crippen LogP contribution in [0.15, 0.2) is 42.5 Å². The average molecular weight is 519 g/mol. The van der Waals surface area contributed by atoms with E-state index in [4.69, 9.17) is 17.9 Å². The SMILES string of the molecule is CCC1(CC)OC(=O)N(CCC(C)(C)CCC(O)c2ccc(O)c(C)c2)c2ccccc21.N=S(=O)=O. The van der Waals surface area contributed by atoms with Gasteiger partial charge in [-0.25, -0.2) is 4.79 Å². The number of ether oxygens (including phenoxy) is 1. The van der Waals surface area contributed by atoms with Crippen LogP contribution in [0.5, 0.6) is 5.75 Å². The van der Waals surface area contributed by atoms with Crippen molar-refractivity contribution in [2.75, 3.05) is 11.4 Å². The van der Waals surface area contributed by atoms with E-state index in [1.807, 2.05) is 31.2 Å². The van der Waals surface area contributed by atoms with Crippen LogP contribution >= 0.6 is 0 Å². The van der Waals surface area contributed by atoms with Crippen molar-refractivity contribution in [1.29, 1.82) is 4.78 Å². The van der Waals surface area contributed by atoms with E-state index < -0.39 is 22.2 Å². The molecule has 1 heterocycles. The molecule has 2 aromatic rings. The Bertz CT molecular complexity index is 1150. The van der Waals surface area contributed by atoms with Gasteiger partial charge in [-0.15, -0.1) is 0 Å². The number of aromatic hydroxyl groups is 1. The number of phenols is 1. The Balaban J connectivity index is 0.00000106. The van der Waals surface area contributed by atoms with E-state index in [0.717, 1.165) is 48.1 Å². The third kappa shape index (κ3) is 7.30. The predicted molar refractivity (Wildman–Crippen MR) is 140 cm³/mol. The molecule has 3 rings (SSSR count). The number of carbonyl (C=O) groups excluding carboxylic acids is 1. The van der Waals surface area contributed by atoms with Crippen LogP contribution in [0.1, 0.15) is 82.6 Å². The zero-order chi connectivity index (χ0) is 27.1. The molecule has 198 valence electrons. The molecule has 9 heteroatoms. The van der Waals surface area contributed by atoms with Gasteiger partial charge in [0, 0.05) is 12.1 Å². The smallest absolute Gasteiger partial charge is 0.415 e. The van der Waals surface area contributed by atoms with Gasteiger partial charge in [0.1, 0.15) is 11.4 Å². The third-order valence-corrected chi connectivity index (χ3v) is 7.04. The van der Waals surface area contributed by atoms with Crippen molar-refractivity contribution in [3.8, 4) is 5.75 Å². The first-order valence-corrected chi connectivity index (χ1v) is 13.3. The molecule has 1 atom stereocenters. The van der Waals surface area contributed by atoms with Crippen molar-refractivity contribution in [1.82, 2.24) is 0 Å². The monoisotopic (exact) mass is 518 g/mol. The predicted octanol–water partition coefficient (Wildman–Crippen LogP) is 6.23. The molecule has 1 amide bonds. The second kappa shape index (κ2) is 12.4. The molecule has 3 N–H and O–H groups in total. The summed E-state index contributed by atoms with van der Waals surface area (Å²) in [6.45, 7) is 10.9. The first-order chi connectivity index (χ1) is 16.9. The lowest BCUT2D eigenvalue weighted by Crippen LogP contribution is -2.46. The van der Waals surface area contributed by atoms with Crippen LogP contribution in [0.2, 0.25) is 0 Å². The molecule has 0 aliphatic carbocycles. The van der Waals surface area contributed by atoms with E-state index in [-0.39, 0.29) is 17.3 Å². The molecule has 1 unspecified atom stereocenters. The van der Waals surface area contributed by atoms with Crippen LogP contribution in [-0.2, 0) is 20.8 Å². The molecule has 0 saturated carbocycles. The summed E-state index contributed by atoms with van der Waals surface area (Å²) in [5, 5.41) is 20.3. The highest BCUT2D eigenvalue weighted by Gasteiger charge is 2.42. The molecular formula is C27H38N2O6S. The summed E-state index contributed by atoms with van der Waals surface area (Å²) in [6, 6.07) is 13.3. The number of cyclic esters (lactones) is 1. The van der Waals surface area contributed by atoms with Crippen LogP contribution in [0.4, 0.5) is 10.5 Å². The number of hydrogen-bond acceptors (Lipinski definition) is 7. The lowest BCUT2D eigenvalue weighted by Gasteiger charge is -2.42. The summed E-state index contributed by atoms with van der Waals surface area (Å²) < 4.78 is 28.8.